The van der Waals surface area contributed by atoms with Crippen LogP contribution in [-0.2, 0) is 13.0 Å². The Kier molecular flexibility index (Phi) is 5.51. The van der Waals surface area contributed by atoms with Gasteiger partial charge < -0.3 is 4.90 Å². The van der Waals surface area contributed by atoms with Crippen LogP contribution in [-0.4, -0.2) is 31.8 Å². The minimum atomic E-state index is 0.00945. The molecule has 2 heterocycles. The first kappa shape index (κ1) is 16.6. The lowest BCUT2D eigenvalue weighted by Crippen LogP contribution is -2.41. The second-order valence-electron chi connectivity index (χ2n) is 6.29. The average Bonchev–Trinajstić information content (AvgIpc) is 2.67. The molecule has 0 saturated heterocycles. The second-order valence-corrected chi connectivity index (χ2v) is 6.29. The van der Waals surface area contributed by atoms with Gasteiger partial charge >= 0.3 is 0 Å². The van der Waals surface area contributed by atoms with Gasteiger partial charge in [-0.25, -0.2) is 9.97 Å². The summed E-state index contributed by atoms with van der Waals surface area (Å²) in [5.74, 6) is 0.774. The fourth-order valence-electron chi connectivity index (χ4n) is 3.24. The lowest BCUT2D eigenvalue weighted by molar-refractivity contribution is 0.0610. The highest BCUT2D eigenvalue weighted by molar-refractivity contribution is 5.93. The predicted octanol–water partition coefficient (Wildman–Crippen LogP) is 3.41. The van der Waals surface area contributed by atoms with Crippen molar-refractivity contribution in [3.8, 4) is 0 Å². The highest BCUT2D eigenvalue weighted by Gasteiger charge is 2.27. The lowest BCUT2D eigenvalue weighted by Gasteiger charge is -2.34. The van der Waals surface area contributed by atoms with Gasteiger partial charge in [0.25, 0.3) is 5.91 Å². The summed E-state index contributed by atoms with van der Waals surface area (Å²) in [5.41, 5.74) is 1.48. The topological polar surface area (TPSA) is 59.0 Å². The average molecular weight is 324 g/mol. The molecule has 3 rings (SSSR count). The maximum Gasteiger partial charge on any atom is 0.257 e. The van der Waals surface area contributed by atoms with Crippen molar-refractivity contribution in [3.05, 3.63) is 53.9 Å². The number of hydrogen-bond donors (Lipinski definition) is 0. The molecule has 1 fully saturated rings. The molecule has 24 heavy (non-hydrogen) atoms. The van der Waals surface area contributed by atoms with E-state index in [9.17, 15) is 4.79 Å². The normalized spacial score (nSPS) is 15.2. The van der Waals surface area contributed by atoms with Gasteiger partial charge in [0.1, 0.15) is 5.82 Å². The van der Waals surface area contributed by atoms with E-state index in [0.717, 1.165) is 30.8 Å². The Morgan fingerprint density at radius 3 is 2.50 bits per heavy atom. The Morgan fingerprint density at radius 2 is 1.88 bits per heavy atom. The van der Waals surface area contributed by atoms with Crippen molar-refractivity contribution in [2.75, 3.05) is 0 Å². The number of rotatable bonds is 5. The maximum atomic E-state index is 13.1. The van der Waals surface area contributed by atoms with E-state index < -0.39 is 0 Å². The van der Waals surface area contributed by atoms with Gasteiger partial charge in [0, 0.05) is 31.1 Å². The summed E-state index contributed by atoms with van der Waals surface area (Å²) in [6.07, 6.45) is 11.6. The zero-order valence-electron chi connectivity index (χ0n) is 14.2. The molecular weight excluding hydrogens is 300 g/mol. The quantitative estimate of drug-likeness (QED) is 0.845. The molecule has 1 aliphatic carbocycles. The molecule has 126 valence electrons. The minimum Gasteiger partial charge on any atom is -0.330 e. The number of carbonyl (C=O) groups excluding carboxylic acids is 1. The number of aromatic nitrogens is 3. The molecule has 0 spiro atoms. The van der Waals surface area contributed by atoms with Gasteiger partial charge in [-0.15, -0.1) is 0 Å². The molecule has 0 radical (unpaired) electrons. The summed E-state index contributed by atoms with van der Waals surface area (Å²) in [5, 5.41) is 0. The van der Waals surface area contributed by atoms with E-state index in [1.807, 2.05) is 30.0 Å². The van der Waals surface area contributed by atoms with Crippen molar-refractivity contribution in [2.24, 2.45) is 0 Å². The van der Waals surface area contributed by atoms with Gasteiger partial charge in [-0.3, -0.25) is 9.78 Å². The Hall–Kier alpha value is -2.30. The highest BCUT2D eigenvalue weighted by atomic mass is 16.2. The van der Waals surface area contributed by atoms with E-state index in [1.54, 1.807) is 18.6 Å². The summed E-state index contributed by atoms with van der Waals surface area (Å²) in [7, 11) is 0. The maximum absolute atomic E-state index is 13.1. The fourth-order valence-corrected chi connectivity index (χ4v) is 3.24. The molecule has 1 saturated carbocycles. The van der Waals surface area contributed by atoms with Gasteiger partial charge in [-0.05, 0) is 25.0 Å². The number of carbonyl (C=O) groups is 1. The van der Waals surface area contributed by atoms with E-state index in [4.69, 9.17) is 0 Å². The Morgan fingerprint density at radius 1 is 1.12 bits per heavy atom. The molecule has 0 atom stereocenters. The van der Waals surface area contributed by atoms with Gasteiger partial charge in [0.2, 0.25) is 0 Å². The van der Waals surface area contributed by atoms with Crippen LogP contribution in [0.3, 0.4) is 0 Å². The van der Waals surface area contributed by atoms with Crippen LogP contribution >= 0.6 is 0 Å². The third kappa shape index (κ3) is 3.96. The monoisotopic (exact) mass is 324 g/mol. The van der Waals surface area contributed by atoms with Crippen LogP contribution in [0.1, 0.15) is 60.9 Å². The van der Waals surface area contributed by atoms with E-state index in [1.165, 1.54) is 19.3 Å². The van der Waals surface area contributed by atoms with Gasteiger partial charge in [-0.1, -0.05) is 32.3 Å². The molecule has 5 heteroatoms. The smallest absolute Gasteiger partial charge is 0.257 e. The van der Waals surface area contributed by atoms with Crippen molar-refractivity contribution >= 4 is 5.91 Å². The van der Waals surface area contributed by atoms with Gasteiger partial charge in [0.15, 0.2) is 0 Å². The van der Waals surface area contributed by atoms with Crippen LogP contribution in [0, 0.1) is 0 Å². The number of hydrogen-bond acceptors (Lipinski definition) is 4. The first-order valence-electron chi connectivity index (χ1n) is 8.79. The first-order chi connectivity index (χ1) is 11.8. The number of pyridine rings is 1. The van der Waals surface area contributed by atoms with Crippen LogP contribution in [0.2, 0.25) is 0 Å². The Balaban J connectivity index is 1.83. The first-order valence-corrected chi connectivity index (χ1v) is 8.79. The molecule has 5 nitrogen and oxygen atoms in total. The lowest BCUT2D eigenvalue weighted by atomic mass is 9.93. The third-order valence-corrected chi connectivity index (χ3v) is 4.60. The van der Waals surface area contributed by atoms with Crippen LogP contribution in [0.25, 0.3) is 0 Å². The molecule has 0 bridgehead atoms. The van der Waals surface area contributed by atoms with Crippen molar-refractivity contribution in [2.45, 2.75) is 58.0 Å². The van der Waals surface area contributed by atoms with Gasteiger partial charge in [-0.2, -0.15) is 0 Å². The molecule has 2 aromatic heterocycles. The molecule has 1 amide bonds. The van der Waals surface area contributed by atoms with Crippen LogP contribution < -0.4 is 0 Å². The SMILES string of the molecule is CCc1ncc(C(=O)N(Cc2ccccn2)C2CCCCC2)cn1. The van der Waals surface area contributed by atoms with E-state index in [2.05, 4.69) is 15.0 Å². The van der Waals surface area contributed by atoms with Crippen molar-refractivity contribution in [1.29, 1.82) is 0 Å². The minimum absolute atomic E-state index is 0.00945. The Bertz CT molecular complexity index is 651. The number of aryl methyl sites for hydroxylation is 1. The number of amides is 1. The van der Waals surface area contributed by atoms with Crippen LogP contribution in [0.15, 0.2) is 36.8 Å². The summed E-state index contributed by atoms with van der Waals surface area (Å²) in [6.45, 7) is 2.55. The standard InChI is InChI=1S/C19H24N4O/c1-2-18-21-12-15(13-22-18)19(24)23(17-9-4-3-5-10-17)14-16-8-6-7-11-20-16/h6-8,11-13,17H,2-5,9-10,14H2,1H3. The van der Waals surface area contributed by atoms with Crippen molar-refractivity contribution in [3.63, 3.8) is 0 Å². The second kappa shape index (κ2) is 7.99. The predicted molar refractivity (Wildman–Crippen MR) is 92.4 cm³/mol. The molecule has 1 aliphatic rings. The molecule has 0 aromatic carbocycles. The Labute approximate surface area is 143 Å². The van der Waals surface area contributed by atoms with Crippen molar-refractivity contribution in [1.82, 2.24) is 19.9 Å². The molecule has 0 unspecified atom stereocenters. The highest BCUT2D eigenvalue weighted by Crippen LogP contribution is 2.25. The van der Waals surface area contributed by atoms with Gasteiger partial charge in [0.05, 0.1) is 17.8 Å². The summed E-state index contributed by atoms with van der Waals surface area (Å²) >= 11 is 0. The van der Waals surface area contributed by atoms with Crippen molar-refractivity contribution < 1.29 is 4.79 Å². The molecule has 2 aromatic rings. The molecule has 0 aliphatic heterocycles. The zero-order chi connectivity index (χ0) is 16.8. The summed E-state index contributed by atoms with van der Waals surface area (Å²) < 4.78 is 0. The zero-order valence-corrected chi connectivity index (χ0v) is 14.2. The molecule has 0 N–H and O–H groups in total. The third-order valence-electron chi connectivity index (χ3n) is 4.60. The summed E-state index contributed by atoms with van der Waals surface area (Å²) in [4.78, 5) is 28.0. The molecular formula is C19H24N4O. The fraction of sp³-hybridized carbons (Fsp3) is 0.474. The van der Waals surface area contributed by atoms with Crippen LogP contribution in [0.5, 0.6) is 0 Å². The largest absolute Gasteiger partial charge is 0.330 e. The van der Waals surface area contributed by atoms with E-state index >= 15 is 0 Å². The van der Waals surface area contributed by atoms with E-state index in [-0.39, 0.29) is 11.9 Å². The van der Waals surface area contributed by atoms with Crippen LogP contribution in [0.4, 0.5) is 0 Å². The number of nitrogens with zero attached hydrogens (tertiary/aromatic N) is 4. The summed E-state index contributed by atoms with van der Waals surface area (Å²) in [6, 6.07) is 6.11. The van der Waals surface area contributed by atoms with E-state index in [0.29, 0.717) is 12.1 Å².